The smallest absolute Gasteiger partial charge is 0.0741 e. The van der Waals surface area contributed by atoms with Gasteiger partial charge < -0.3 is 20.3 Å². The first-order valence-electron chi connectivity index (χ1n) is 5.70. The number of hydrogen-bond donors (Lipinski definition) is 3. The van der Waals surface area contributed by atoms with Gasteiger partial charge in [0, 0.05) is 25.3 Å². The van der Waals surface area contributed by atoms with Crippen LogP contribution in [0.2, 0.25) is 0 Å². The van der Waals surface area contributed by atoms with Crippen LogP contribution in [0.4, 0.5) is 0 Å². The van der Waals surface area contributed by atoms with Gasteiger partial charge in [-0.2, -0.15) is 0 Å². The molecule has 0 bridgehead atoms. The molecule has 90 valence electrons. The lowest BCUT2D eigenvalue weighted by Crippen LogP contribution is -2.56. The van der Waals surface area contributed by atoms with E-state index < -0.39 is 5.60 Å². The summed E-state index contributed by atoms with van der Waals surface area (Å²) in [7, 11) is 0. The van der Waals surface area contributed by atoms with Gasteiger partial charge in [-0.25, -0.2) is 0 Å². The van der Waals surface area contributed by atoms with Crippen LogP contribution in [0, 0.1) is 0 Å². The van der Waals surface area contributed by atoms with E-state index in [1.165, 1.54) is 0 Å². The fourth-order valence-electron chi connectivity index (χ4n) is 1.66. The summed E-state index contributed by atoms with van der Waals surface area (Å²) in [6.07, 6.45) is 2.32. The van der Waals surface area contributed by atoms with Gasteiger partial charge in [0.05, 0.1) is 12.2 Å². The molecule has 1 aliphatic rings. The van der Waals surface area contributed by atoms with Gasteiger partial charge in [0.15, 0.2) is 0 Å². The summed E-state index contributed by atoms with van der Waals surface area (Å²) in [6, 6.07) is 0. The third-order valence-corrected chi connectivity index (χ3v) is 3.36. The molecule has 1 rings (SSSR count). The number of ether oxygens (including phenoxy) is 1. The molecule has 1 fully saturated rings. The van der Waals surface area contributed by atoms with Gasteiger partial charge >= 0.3 is 0 Å². The van der Waals surface area contributed by atoms with E-state index in [-0.39, 0.29) is 12.1 Å². The Morgan fingerprint density at radius 3 is 2.47 bits per heavy atom. The van der Waals surface area contributed by atoms with Crippen molar-refractivity contribution in [2.24, 2.45) is 0 Å². The van der Waals surface area contributed by atoms with Crippen LogP contribution >= 0.6 is 0 Å². The maximum atomic E-state index is 9.89. The van der Waals surface area contributed by atoms with Gasteiger partial charge in [0.25, 0.3) is 0 Å². The monoisotopic (exact) mass is 217 g/mol. The molecule has 0 aliphatic carbocycles. The molecule has 0 spiro atoms. The van der Waals surface area contributed by atoms with Gasteiger partial charge in [-0.15, -0.1) is 0 Å². The number of nitrogens with one attached hydrogen (secondary N) is 1. The van der Waals surface area contributed by atoms with Crippen molar-refractivity contribution in [3.63, 3.8) is 0 Å². The first-order valence-corrected chi connectivity index (χ1v) is 5.70. The summed E-state index contributed by atoms with van der Waals surface area (Å²) >= 11 is 0. The van der Waals surface area contributed by atoms with Crippen LogP contribution in [0.25, 0.3) is 0 Å². The van der Waals surface area contributed by atoms with Gasteiger partial charge in [-0.05, 0) is 26.2 Å². The molecule has 1 saturated heterocycles. The van der Waals surface area contributed by atoms with Crippen molar-refractivity contribution in [1.29, 1.82) is 0 Å². The van der Waals surface area contributed by atoms with Crippen molar-refractivity contribution >= 4 is 0 Å². The van der Waals surface area contributed by atoms with Crippen LogP contribution in [-0.4, -0.2) is 47.7 Å². The summed E-state index contributed by atoms with van der Waals surface area (Å²) in [5, 5.41) is 22.6. The third kappa shape index (κ3) is 3.72. The molecular formula is C11H23NO3. The average Bonchev–Trinajstić information content (AvgIpc) is 2.28. The second-order valence-corrected chi connectivity index (χ2v) is 4.75. The fraction of sp³-hybridized carbons (Fsp3) is 1.00. The van der Waals surface area contributed by atoms with E-state index in [4.69, 9.17) is 4.74 Å². The minimum atomic E-state index is -0.694. The van der Waals surface area contributed by atoms with Crippen molar-refractivity contribution in [3.8, 4) is 0 Å². The predicted molar refractivity (Wildman–Crippen MR) is 58.8 cm³/mol. The van der Waals surface area contributed by atoms with E-state index in [0.29, 0.717) is 26.2 Å². The Bertz CT molecular complexity index is 188. The Kier molecular flexibility index (Phi) is 4.52. The van der Waals surface area contributed by atoms with Crippen molar-refractivity contribution in [3.05, 3.63) is 0 Å². The molecule has 15 heavy (non-hydrogen) atoms. The van der Waals surface area contributed by atoms with Crippen LogP contribution < -0.4 is 5.32 Å². The summed E-state index contributed by atoms with van der Waals surface area (Å²) in [4.78, 5) is 0. The normalized spacial score (nSPS) is 24.8. The Morgan fingerprint density at radius 2 is 2.00 bits per heavy atom. The molecule has 0 aromatic carbocycles. The van der Waals surface area contributed by atoms with Gasteiger partial charge in [-0.3, -0.25) is 0 Å². The number of aliphatic hydroxyl groups is 2. The number of rotatable bonds is 5. The molecule has 3 N–H and O–H groups in total. The molecule has 0 aromatic rings. The van der Waals surface area contributed by atoms with Crippen molar-refractivity contribution in [2.75, 3.05) is 26.4 Å². The van der Waals surface area contributed by atoms with Crippen LogP contribution in [0.3, 0.4) is 0 Å². The molecule has 0 aromatic heterocycles. The second-order valence-electron chi connectivity index (χ2n) is 4.75. The maximum Gasteiger partial charge on any atom is 0.0741 e. The SMILES string of the molecule is CCC(C)(O)CNC1(CO)CCOCC1. The molecule has 4 nitrogen and oxygen atoms in total. The highest BCUT2D eigenvalue weighted by atomic mass is 16.5. The topological polar surface area (TPSA) is 61.7 Å². The van der Waals surface area contributed by atoms with Gasteiger partial charge in [0.1, 0.15) is 0 Å². The van der Waals surface area contributed by atoms with Crippen LogP contribution in [0.1, 0.15) is 33.1 Å². The first-order chi connectivity index (χ1) is 7.04. The van der Waals surface area contributed by atoms with Crippen molar-refractivity contribution in [1.82, 2.24) is 5.32 Å². The molecule has 1 heterocycles. The van der Waals surface area contributed by atoms with Crippen LogP contribution in [-0.2, 0) is 4.74 Å². The minimum absolute atomic E-state index is 0.107. The molecule has 0 radical (unpaired) electrons. The molecule has 0 saturated carbocycles. The van der Waals surface area contributed by atoms with E-state index >= 15 is 0 Å². The number of β-amino-alcohol motifs (C(OH)–C–C–N with tert-alkyl or cyclic N) is 1. The number of hydrogen-bond acceptors (Lipinski definition) is 4. The van der Waals surface area contributed by atoms with Crippen LogP contribution in [0.15, 0.2) is 0 Å². The van der Waals surface area contributed by atoms with Crippen LogP contribution in [0.5, 0.6) is 0 Å². The third-order valence-electron chi connectivity index (χ3n) is 3.36. The summed E-state index contributed by atoms with van der Waals surface area (Å²) in [6.45, 7) is 5.76. The Morgan fingerprint density at radius 1 is 1.40 bits per heavy atom. The lowest BCUT2D eigenvalue weighted by atomic mass is 9.89. The minimum Gasteiger partial charge on any atom is -0.394 e. The quantitative estimate of drug-likeness (QED) is 0.619. The lowest BCUT2D eigenvalue weighted by Gasteiger charge is -2.38. The molecule has 1 unspecified atom stereocenters. The van der Waals surface area contributed by atoms with E-state index in [9.17, 15) is 10.2 Å². The molecule has 1 atom stereocenters. The zero-order valence-electron chi connectivity index (χ0n) is 9.75. The number of aliphatic hydroxyl groups excluding tert-OH is 1. The van der Waals surface area contributed by atoms with Gasteiger partial charge in [0.2, 0.25) is 0 Å². The first kappa shape index (κ1) is 12.9. The fourth-order valence-corrected chi connectivity index (χ4v) is 1.66. The lowest BCUT2D eigenvalue weighted by molar-refractivity contribution is -0.00878. The predicted octanol–water partition coefficient (Wildman–Crippen LogP) is 0.278. The second kappa shape index (κ2) is 5.25. The van der Waals surface area contributed by atoms with Crippen molar-refractivity contribution in [2.45, 2.75) is 44.2 Å². The van der Waals surface area contributed by atoms with Crippen molar-refractivity contribution < 1.29 is 14.9 Å². The zero-order valence-corrected chi connectivity index (χ0v) is 9.75. The van der Waals surface area contributed by atoms with E-state index in [2.05, 4.69) is 5.32 Å². The summed E-state index contributed by atoms with van der Waals surface area (Å²) in [5.41, 5.74) is -0.947. The average molecular weight is 217 g/mol. The summed E-state index contributed by atoms with van der Waals surface area (Å²) < 4.78 is 5.27. The van der Waals surface area contributed by atoms with Gasteiger partial charge in [-0.1, -0.05) is 6.92 Å². The Balaban J connectivity index is 2.45. The zero-order chi connectivity index (χ0) is 11.4. The highest BCUT2D eigenvalue weighted by Gasteiger charge is 2.33. The highest BCUT2D eigenvalue weighted by Crippen LogP contribution is 2.21. The summed E-state index contributed by atoms with van der Waals surface area (Å²) in [5.74, 6) is 0. The van der Waals surface area contributed by atoms with E-state index in [0.717, 1.165) is 12.8 Å². The Hall–Kier alpha value is -0.160. The largest absolute Gasteiger partial charge is 0.394 e. The molecule has 1 aliphatic heterocycles. The molecule has 4 heteroatoms. The highest BCUT2D eigenvalue weighted by molar-refractivity contribution is 4.91. The standard InChI is InChI=1S/C11H23NO3/c1-3-10(2,14)8-12-11(9-13)4-6-15-7-5-11/h12-14H,3-9H2,1-2H3. The molecular weight excluding hydrogens is 194 g/mol. The van der Waals surface area contributed by atoms with E-state index in [1.807, 2.05) is 13.8 Å². The maximum absolute atomic E-state index is 9.89. The van der Waals surface area contributed by atoms with E-state index in [1.54, 1.807) is 0 Å². The molecule has 0 amide bonds. The Labute approximate surface area is 91.6 Å².